The van der Waals surface area contributed by atoms with Gasteiger partial charge in [-0.1, -0.05) is 12.1 Å². The number of nitrogens with zero attached hydrogens (tertiary/aromatic N) is 1. The number of aromatic nitrogens is 1. The summed E-state index contributed by atoms with van der Waals surface area (Å²) in [6.07, 6.45) is 1.53. The topological polar surface area (TPSA) is 77.2 Å². The molecule has 3 rings (SSSR count). The molecule has 23 heavy (non-hydrogen) atoms. The van der Waals surface area contributed by atoms with E-state index in [9.17, 15) is 4.79 Å². The number of hydrogen-bond donors (Lipinski definition) is 2. The van der Waals surface area contributed by atoms with Gasteiger partial charge in [-0.3, -0.25) is 9.78 Å². The fourth-order valence-corrected chi connectivity index (χ4v) is 2.31. The zero-order valence-electron chi connectivity index (χ0n) is 12.7. The van der Waals surface area contributed by atoms with Gasteiger partial charge in [0.05, 0.1) is 23.4 Å². The molecule has 0 saturated heterocycles. The number of nitrogens with one attached hydrogen (secondary N) is 1. The Morgan fingerprint density at radius 2 is 2.00 bits per heavy atom. The average Bonchev–Trinajstić information content (AvgIpc) is 2.57. The Morgan fingerprint density at radius 3 is 2.74 bits per heavy atom. The van der Waals surface area contributed by atoms with Crippen LogP contribution in [0.4, 0.5) is 11.4 Å². The van der Waals surface area contributed by atoms with Crippen LogP contribution < -0.4 is 15.8 Å². The highest BCUT2D eigenvalue weighted by Gasteiger charge is 2.09. The Labute approximate surface area is 134 Å². The van der Waals surface area contributed by atoms with Crippen molar-refractivity contribution in [2.75, 3.05) is 17.7 Å². The summed E-state index contributed by atoms with van der Waals surface area (Å²) >= 11 is 0. The Kier molecular flexibility index (Phi) is 4.10. The van der Waals surface area contributed by atoms with Crippen molar-refractivity contribution < 1.29 is 9.53 Å². The molecule has 0 aliphatic rings. The maximum absolute atomic E-state index is 12.3. The van der Waals surface area contributed by atoms with Gasteiger partial charge < -0.3 is 15.8 Å². The van der Waals surface area contributed by atoms with Crippen LogP contribution >= 0.6 is 0 Å². The van der Waals surface area contributed by atoms with E-state index in [-0.39, 0.29) is 5.91 Å². The molecular weight excluding hydrogens is 290 g/mol. The molecular formula is C18H17N3O2. The molecule has 116 valence electrons. The molecule has 5 heteroatoms. The molecule has 5 nitrogen and oxygen atoms in total. The molecule has 0 saturated carbocycles. The van der Waals surface area contributed by atoms with Gasteiger partial charge >= 0.3 is 0 Å². The number of pyridine rings is 1. The molecule has 0 aliphatic carbocycles. The smallest absolute Gasteiger partial charge is 0.257 e. The van der Waals surface area contributed by atoms with Crippen LogP contribution in [0, 0.1) is 0 Å². The van der Waals surface area contributed by atoms with Crippen molar-refractivity contribution in [3.63, 3.8) is 0 Å². The third-order valence-corrected chi connectivity index (χ3v) is 3.43. The second-order valence-electron chi connectivity index (χ2n) is 5.05. The molecule has 0 unspecified atom stereocenters. The number of anilines is 2. The van der Waals surface area contributed by atoms with E-state index in [0.717, 1.165) is 11.1 Å². The van der Waals surface area contributed by atoms with Gasteiger partial charge in [0.1, 0.15) is 5.75 Å². The lowest BCUT2D eigenvalue weighted by molar-refractivity contribution is 0.102. The monoisotopic (exact) mass is 307 g/mol. The summed E-state index contributed by atoms with van der Waals surface area (Å²) in [5.74, 6) is 0.555. The summed E-state index contributed by atoms with van der Waals surface area (Å²) in [5.41, 5.74) is 8.35. The van der Waals surface area contributed by atoms with E-state index in [4.69, 9.17) is 10.5 Å². The number of amides is 1. The maximum atomic E-state index is 12.3. The first-order valence-electron chi connectivity index (χ1n) is 7.36. The van der Waals surface area contributed by atoms with Gasteiger partial charge in [0, 0.05) is 17.3 Å². The lowest BCUT2D eigenvalue weighted by Gasteiger charge is -2.08. The van der Waals surface area contributed by atoms with Gasteiger partial charge in [-0.15, -0.1) is 0 Å². The van der Waals surface area contributed by atoms with Crippen LogP contribution in [0.25, 0.3) is 10.9 Å². The van der Waals surface area contributed by atoms with E-state index in [1.807, 2.05) is 31.2 Å². The largest absolute Gasteiger partial charge is 0.494 e. The van der Waals surface area contributed by atoms with E-state index in [1.54, 1.807) is 24.3 Å². The van der Waals surface area contributed by atoms with Gasteiger partial charge in [0.25, 0.3) is 5.91 Å². The highest BCUT2D eigenvalue weighted by Crippen LogP contribution is 2.20. The van der Waals surface area contributed by atoms with Crippen LogP contribution in [-0.4, -0.2) is 17.5 Å². The van der Waals surface area contributed by atoms with Crippen LogP contribution in [0.2, 0.25) is 0 Å². The predicted molar refractivity (Wildman–Crippen MR) is 91.7 cm³/mol. The van der Waals surface area contributed by atoms with Crippen LogP contribution in [0.1, 0.15) is 17.3 Å². The summed E-state index contributed by atoms with van der Waals surface area (Å²) < 4.78 is 5.38. The van der Waals surface area contributed by atoms with Crippen molar-refractivity contribution in [3.05, 3.63) is 60.3 Å². The molecule has 3 aromatic rings. The fourth-order valence-electron chi connectivity index (χ4n) is 2.31. The van der Waals surface area contributed by atoms with E-state index in [0.29, 0.717) is 29.1 Å². The molecule has 1 aromatic heterocycles. The molecule has 0 atom stereocenters. The molecule has 3 N–H and O–H groups in total. The highest BCUT2D eigenvalue weighted by molar-refractivity contribution is 6.06. The summed E-state index contributed by atoms with van der Waals surface area (Å²) in [5, 5.41) is 3.68. The molecule has 0 radical (unpaired) electrons. The number of ether oxygens (including phenoxy) is 1. The second-order valence-corrected chi connectivity index (χ2v) is 5.05. The van der Waals surface area contributed by atoms with Gasteiger partial charge in [-0.25, -0.2) is 0 Å². The summed E-state index contributed by atoms with van der Waals surface area (Å²) in [7, 11) is 0. The zero-order chi connectivity index (χ0) is 16.2. The second kappa shape index (κ2) is 6.36. The number of rotatable bonds is 4. The number of benzene rings is 2. The molecule has 0 fully saturated rings. The molecule has 1 heterocycles. The Morgan fingerprint density at radius 1 is 1.22 bits per heavy atom. The minimum Gasteiger partial charge on any atom is -0.494 e. The molecule has 0 bridgehead atoms. The number of carbonyl (C=O) groups is 1. The predicted octanol–water partition coefficient (Wildman–Crippen LogP) is 3.47. The lowest BCUT2D eigenvalue weighted by atomic mass is 10.1. The van der Waals surface area contributed by atoms with Gasteiger partial charge in [0.15, 0.2) is 0 Å². The van der Waals surface area contributed by atoms with Crippen molar-refractivity contribution in [2.24, 2.45) is 0 Å². The van der Waals surface area contributed by atoms with Crippen molar-refractivity contribution in [3.8, 4) is 5.75 Å². The van der Waals surface area contributed by atoms with E-state index in [2.05, 4.69) is 10.3 Å². The molecule has 2 aromatic carbocycles. The summed E-state index contributed by atoms with van der Waals surface area (Å²) in [6.45, 7) is 2.53. The summed E-state index contributed by atoms with van der Waals surface area (Å²) in [6, 6.07) is 14.5. The molecule has 0 spiro atoms. The minimum absolute atomic E-state index is 0.217. The number of nitrogens with two attached hydrogens (primary N) is 1. The number of nitrogen functional groups attached to an aromatic ring is 1. The first-order chi connectivity index (χ1) is 11.2. The Bertz CT molecular complexity index is 845. The average molecular weight is 307 g/mol. The first kappa shape index (κ1) is 14.8. The van der Waals surface area contributed by atoms with Crippen LogP contribution in [-0.2, 0) is 0 Å². The number of fused-ring (bicyclic) bond motifs is 1. The van der Waals surface area contributed by atoms with Crippen molar-refractivity contribution in [2.45, 2.75) is 6.92 Å². The number of hydrogen-bond acceptors (Lipinski definition) is 4. The van der Waals surface area contributed by atoms with Crippen LogP contribution in [0.5, 0.6) is 5.75 Å². The standard InChI is InChI=1S/C18H17N3O2/c1-2-23-15-8-6-14(7-9-15)21-18(22)13-10-12-4-3-5-16(19)17(12)20-11-13/h3-11H,2,19H2,1H3,(H,21,22). The minimum atomic E-state index is -0.217. The van der Waals surface area contributed by atoms with Gasteiger partial charge in [-0.05, 0) is 43.3 Å². The highest BCUT2D eigenvalue weighted by atomic mass is 16.5. The zero-order valence-corrected chi connectivity index (χ0v) is 12.7. The van der Waals surface area contributed by atoms with Gasteiger partial charge in [0.2, 0.25) is 0 Å². The van der Waals surface area contributed by atoms with Crippen molar-refractivity contribution in [1.29, 1.82) is 0 Å². The van der Waals surface area contributed by atoms with E-state index in [1.165, 1.54) is 6.20 Å². The number of para-hydroxylation sites is 1. The quantitative estimate of drug-likeness (QED) is 0.724. The van der Waals surface area contributed by atoms with Crippen molar-refractivity contribution >= 4 is 28.2 Å². The summed E-state index contributed by atoms with van der Waals surface area (Å²) in [4.78, 5) is 16.6. The lowest BCUT2D eigenvalue weighted by Crippen LogP contribution is -2.12. The third-order valence-electron chi connectivity index (χ3n) is 3.43. The molecule has 0 aliphatic heterocycles. The van der Waals surface area contributed by atoms with Crippen LogP contribution in [0.3, 0.4) is 0 Å². The van der Waals surface area contributed by atoms with E-state index < -0.39 is 0 Å². The van der Waals surface area contributed by atoms with Gasteiger partial charge in [-0.2, -0.15) is 0 Å². The fraction of sp³-hybridized carbons (Fsp3) is 0.111. The van der Waals surface area contributed by atoms with Crippen LogP contribution in [0.15, 0.2) is 54.7 Å². The Balaban J connectivity index is 1.80. The molecule has 1 amide bonds. The van der Waals surface area contributed by atoms with E-state index >= 15 is 0 Å². The normalized spacial score (nSPS) is 10.5. The van der Waals surface area contributed by atoms with Crippen molar-refractivity contribution in [1.82, 2.24) is 4.98 Å². The SMILES string of the molecule is CCOc1ccc(NC(=O)c2cnc3c(N)cccc3c2)cc1. The maximum Gasteiger partial charge on any atom is 0.257 e. The Hall–Kier alpha value is -3.08. The third kappa shape index (κ3) is 3.23. The first-order valence-corrected chi connectivity index (χ1v) is 7.36. The number of carbonyl (C=O) groups excluding carboxylic acids is 1.